The van der Waals surface area contributed by atoms with Crippen LogP contribution in [0, 0.1) is 5.92 Å². The molecule has 186 valence electrons. The second kappa shape index (κ2) is 9.34. The molecule has 2 aliphatic rings. The molecule has 2 saturated heterocycles. The maximum atomic E-state index is 13.6. The molecule has 0 saturated carbocycles. The van der Waals surface area contributed by atoms with Gasteiger partial charge in [0.15, 0.2) is 11.5 Å². The highest BCUT2D eigenvalue weighted by Gasteiger charge is 2.40. The summed E-state index contributed by atoms with van der Waals surface area (Å²) in [5.41, 5.74) is 3.57. The number of aromatic amines is 1. The van der Waals surface area contributed by atoms with E-state index in [-0.39, 0.29) is 12.1 Å². The Morgan fingerprint density at radius 1 is 1.06 bits per heavy atom. The summed E-state index contributed by atoms with van der Waals surface area (Å²) in [5.74, 6) is 1.65. The molecule has 1 N–H and O–H groups in total. The molecular formula is C26H31N9O. The lowest BCUT2D eigenvalue weighted by atomic mass is 10.0. The molecule has 3 aromatic heterocycles. The highest BCUT2D eigenvalue weighted by Crippen LogP contribution is 2.31. The SMILES string of the molecule is CC(C)[C@H]1CN(CCN2CCCC2)C(=O)N1c1ccn2ncc(-c3ccc(-c4nc[nH]n4)cc3)c2n1. The number of carbonyl (C=O) groups excluding carboxylic acids is 1. The zero-order valence-corrected chi connectivity index (χ0v) is 20.7. The third-order valence-electron chi connectivity index (χ3n) is 7.34. The van der Waals surface area contributed by atoms with E-state index in [1.807, 2.05) is 52.5 Å². The summed E-state index contributed by atoms with van der Waals surface area (Å²) in [4.78, 5) is 29.1. The van der Waals surface area contributed by atoms with Crippen LogP contribution in [0.1, 0.15) is 26.7 Å². The van der Waals surface area contributed by atoms with Gasteiger partial charge >= 0.3 is 6.03 Å². The quantitative estimate of drug-likeness (QED) is 0.430. The van der Waals surface area contributed by atoms with Crippen LogP contribution in [-0.2, 0) is 0 Å². The molecule has 0 radical (unpaired) electrons. The van der Waals surface area contributed by atoms with Gasteiger partial charge in [-0.25, -0.2) is 19.3 Å². The Morgan fingerprint density at radius 3 is 2.56 bits per heavy atom. The molecular weight excluding hydrogens is 454 g/mol. The van der Waals surface area contributed by atoms with Gasteiger partial charge in [-0.1, -0.05) is 38.1 Å². The molecule has 4 aromatic rings. The van der Waals surface area contributed by atoms with Gasteiger partial charge in [0, 0.05) is 37.0 Å². The maximum absolute atomic E-state index is 13.6. The van der Waals surface area contributed by atoms with Gasteiger partial charge in [-0.3, -0.25) is 10.00 Å². The van der Waals surface area contributed by atoms with Gasteiger partial charge in [-0.05, 0) is 43.5 Å². The summed E-state index contributed by atoms with van der Waals surface area (Å²) >= 11 is 0. The van der Waals surface area contributed by atoms with Gasteiger partial charge in [0.25, 0.3) is 0 Å². The largest absolute Gasteiger partial charge is 0.326 e. The van der Waals surface area contributed by atoms with Crippen molar-refractivity contribution in [3.05, 3.63) is 49.1 Å². The summed E-state index contributed by atoms with van der Waals surface area (Å²) in [7, 11) is 0. The number of likely N-dealkylation sites (tertiary alicyclic amines) is 1. The number of H-pyrrole nitrogens is 1. The number of rotatable bonds is 7. The van der Waals surface area contributed by atoms with Crippen molar-refractivity contribution in [2.75, 3.05) is 37.6 Å². The first-order valence-corrected chi connectivity index (χ1v) is 12.7. The second-order valence-electron chi connectivity index (χ2n) is 9.97. The highest BCUT2D eigenvalue weighted by molar-refractivity contribution is 5.94. The van der Waals surface area contributed by atoms with E-state index >= 15 is 0 Å². The Bertz CT molecular complexity index is 1340. The van der Waals surface area contributed by atoms with Crippen molar-refractivity contribution in [2.45, 2.75) is 32.7 Å². The van der Waals surface area contributed by atoms with Gasteiger partial charge in [0.2, 0.25) is 0 Å². The Labute approximate surface area is 209 Å². The fourth-order valence-corrected chi connectivity index (χ4v) is 5.26. The van der Waals surface area contributed by atoms with Gasteiger partial charge in [0.1, 0.15) is 12.1 Å². The number of urea groups is 1. The van der Waals surface area contributed by atoms with Gasteiger partial charge in [0.05, 0.1) is 12.2 Å². The van der Waals surface area contributed by atoms with Crippen LogP contribution in [-0.4, -0.2) is 84.4 Å². The minimum absolute atomic E-state index is 0.0432. The van der Waals surface area contributed by atoms with Crippen molar-refractivity contribution >= 4 is 17.5 Å². The molecule has 5 heterocycles. The van der Waals surface area contributed by atoms with Crippen LogP contribution in [0.3, 0.4) is 0 Å². The predicted octanol–water partition coefficient (Wildman–Crippen LogP) is 3.54. The average Bonchev–Trinajstić information content (AvgIpc) is 3.70. The number of aromatic nitrogens is 6. The Hall–Kier alpha value is -3.79. The Kier molecular flexibility index (Phi) is 5.88. The molecule has 2 fully saturated rings. The lowest BCUT2D eigenvalue weighted by molar-refractivity contribution is 0.210. The summed E-state index contributed by atoms with van der Waals surface area (Å²) in [5, 5.41) is 11.4. The van der Waals surface area contributed by atoms with Crippen LogP contribution in [0.5, 0.6) is 0 Å². The maximum Gasteiger partial charge on any atom is 0.326 e. The predicted molar refractivity (Wildman–Crippen MR) is 138 cm³/mol. The van der Waals surface area contributed by atoms with Crippen LogP contribution in [0.25, 0.3) is 28.2 Å². The van der Waals surface area contributed by atoms with E-state index in [9.17, 15) is 4.79 Å². The standard InChI is InChI=1S/C26H31N9O/c1-18(2)22-16-33(14-13-32-10-3-4-11-32)26(36)35(22)23-9-12-34-25(30-23)21(15-29-34)19-5-7-20(8-6-19)24-27-17-28-31-24/h5-9,12,15,17-18,22H,3-4,10-11,13-14,16H2,1-2H3,(H,27,28,31)/t22-/m1/s1. The van der Waals surface area contributed by atoms with E-state index < -0.39 is 0 Å². The number of amides is 2. The fourth-order valence-electron chi connectivity index (χ4n) is 5.26. The van der Waals surface area contributed by atoms with E-state index in [0.29, 0.717) is 17.6 Å². The molecule has 0 unspecified atom stereocenters. The third kappa shape index (κ3) is 4.11. The molecule has 0 spiro atoms. The van der Waals surface area contributed by atoms with Gasteiger partial charge in [-0.15, -0.1) is 0 Å². The molecule has 0 bridgehead atoms. The normalized spacial score (nSPS) is 18.9. The van der Waals surface area contributed by atoms with E-state index in [1.165, 1.54) is 12.8 Å². The van der Waals surface area contributed by atoms with Crippen molar-refractivity contribution in [1.29, 1.82) is 0 Å². The molecule has 0 aliphatic carbocycles. The number of anilines is 1. The number of hydrogen-bond donors (Lipinski definition) is 1. The van der Waals surface area contributed by atoms with Crippen molar-refractivity contribution in [2.24, 2.45) is 5.92 Å². The van der Waals surface area contributed by atoms with E-state index in [2.05, 4.69) is 39.0 Å². The van der Waals surface area contributed by atoms with Crippen molar-refractivity contribution in [3.63, 3.8) is 0 Å². The number of carbonyl (C=O) groups is 1. The van der Waals surface area contributed by atoms with E-state index in [4.69, 9.17) is 4.98 Å². The molecule has 2 aliphatic heterocycles. The number of hydrogen-bond acceptors (Lipinski definition) is 6. The first-order valence-electron chi connectivity index (χ1n) is 12.7. The third-order valence-corrected chi connectivity index (χ3v) is 7.34. The average molecular weight is 486 g/mol. The van der Waals surface area contributed by atoms with Crippen LogP contribution >= 0.6 is 0 Å². The Morgan fingerprint density at radius 2 is 1.83 bits per heavy atom. The minimum atomic E-state index is 0.0432. The Balaban J connectivity index is 1.28. The van der Waals surface area contributed by atoms with Gasteiger partial charge < -0.3 is 9.80 Å². The summed E-state index contributed by atoms with van der Waals surface area (Å²) in [6.45, 7) is 9.05. The zero-order valence-electron chi connectivity index (χ0n) is 20.7. The fraction of sp³-hybridized carbons (Fsp3) is 0.423. The molecule has 10 nitrogen and oxygen atoms in total. The summed E-state index contributed by atoms with van der Waals surface area (Å²) < 4.78 is 1.76. The second-order valence-corrected chi connectivity index (χ2v) is 9.97. The van der Waals surface area contributed by atoms with Crippen LogP contribution in [0.4, 0.5) is 10.6 Å². The van der Waals surface area contributed by atoms with Crippen molar-refractivity contribution in [1.82, 2.24) is 39.6 Å². The van der Waals surface area contributed by atoms with Crippen LogP contribution in [0.2, 0.25) is 0 Å². The molecule has 1 aromatic carbocycles. The topological polar surface area (TPSA) is 98.6 Å². The first-order chi connectivity index (χ1) is 17.6. The number of benzene rings is 1. The monoisotopic (exact) mass is 485 g/mol. The minimum Gasteiger partial charge on any atom is -0.321 e. The smallest absolute Gasteiger partial charge is 0.321 e. The van der Waals surface area contributed by atoms with Crippen molar-refractivity contribution in [3.8, 4) is 22.5 Å². The zero-order chi connectivity index (χ0) is 24.6. The van der Waals surface area contributed by atoms with Crippen LogP contribution < -0.4 is 4.90 Å². The lowest BCUT2D eigenvalue weighted by Crippen LogP contribution is -2.39. The van der Waals surface area contributed by atoms with E-state index in [1.54, 1.807) is 10.8 Å². The molecule has 1 atom stereocenters. The molecule has 36 heavy (non-hydrogen) atoms. The summed E-state index contributed by atoms with van der Waals surface area (Å²) in [6.07, 6.45) is 7.80. The molecule has 6 rings (SSSR count). The first kappa shape index (κ1) is 22.7. The number of nitrogens with zero attached hydrogens (tertiary/aromatic N) is 8. The van der Waals surface area contributed by atoms with Crippen molar-refractivity contribution < 1.29 is 4.79 Å². The number of fused-ring (bicyclic) bond motifs is 1. The molecule has 2 amide bonds. The lowest BCUT2D eigenvalue weighted by Gasteiger charge is -2.25. The molecule has 10 heteroatoms. The van der Waals surface area contributed by atoms with Gasteiger partial charge in [-0.2, -0.15) is 10.2 Å². The van der Waals surface area contributed by atoms with E-state index in [0.717, 1.165) is 55.1 Å². The highest BCUT2D eigenvalue weighted by atomic mass is 16.2. The summed E-state index contributed by atoms with van der Waals surface area (Å²) in [6, 6.07) is 10.0. The number of nitrogens with one attached hydrogen (secondary N) is 1. The van der Waals surface area contributed by atoms with Crippen LogP contribution in [0.15, 0.2) is 49.1 Å².